The second kappa shape index (κ2) is 5.75. The van der Waals surface area contributed by atoms with Gasteiger partial charge in [-0.2, -0.15) is 11.8 Å². The van der Waals surface area contributed by atoms with Gasteiger partial charge in [0.2, 0.25) is 5.91 Å². The van der Waals surface area contributed by atoms with Crippen molar-refractivity contribution in [1.29, 1.82) is 0 Å². The summed E-state index contributed by atoms with van der Waals surface area (Å²) in [5.74, 6) is 3.41. The Morgan fingerprint density at radius 1 is 1.20 bits per heavy atom. The Labute approximate surface area is 95.8 Å². The molecule has 0 aromatic heterocycles. The van der Waals surface area contributed by atoms with Gasteiger partial charge in [0.1, 0.15) is 0 Å². The normalized spacial score (nSPS) is 22.7. The topological polar surface area (TPSA) is 41.1 Å². The highest BCUT2D eigenvalue weighted by atomic mass is 32.2. The van der Waals surface area contributed by atoms with E-state index < -0.39 is 0 Å². The molecule has 0 aromatic rings. The van der Waals surface area contributed by atoms with Crippen LogP contribution >= 0.6 is 11.8 Å². The van der Waals surface area contributed by atoms with E-state index in [0.29, 0.717) is 12.6 Å². The molecule has 2 N–H and O–H groups in total. The molecular formula is C11H20N2OS. The molecule has 1 amide bonds. The fourth-order valence-corrected chi connectivity index (χ4v) is 3.00. The van der Waals surface area contributed by atoms with Crippen molar-refractivity contribution in [3.8, 4) is 0 Å². The molecule has 0 aromatic carbocycles. The summed E-state index contributed by atoms with van der Waals surface area (Å²) in [5.41, 5.74) is 0. The SMILES string of the molecule is O=C(CNC1CC1)NCC1CCSCC1. The smallest absolute Gasteiger partial charge is 0.233 e. The highest BCUT2D eigenvalue weighted by molar-refractivity contribution is 7.99. The average Bonchev–Trinajstić information content (AvgIpc) is 3.09. The summed E-state index contributed by atoms with van der Waals surface area (Å²) >= 11 is 2.03. The molecule has 2 rings (SSSR count). The maximum Gasteiger partial charge on any atom is 0.233 e. The lowest BCUT2D eigenvalue weighted by atomic mass is 10.0. The van der Waals surface area contributed by atoms with E-state index in [9.17, 15) is 4.79 Å². The lowest BCUT2D eigenvalue weighted by molar-refractivity contribution is -0.120. The molecule has 1 aliphatic heterocycles. The van der Waals surface area contributed by atoms with Gasteiger partial charge in [0, 0.05) is 12.6 Å². The molecule has 0 bridgehead atoms. The molecule has 15 heavy (non-hydrogen) atoms. The summed E-state index contributed by atoms with van der Waals surface area (Å²) in [6, 6.07) is 0.627. The van der Waals surface area contributed by atoms with Crippen molar-refractivity contribution in [2.24, 2.45) is 5.92 Å². The first-order valence-corrected chi connectivity index (χ1v) is 7.08. The Hall–Kier alpha value is -0.220. The van der Waals surface area contributed by atoms with E-state index in [1.165, 1.54) is 37.2 Å². The van der Waals surface area contributed by atoms with Crippen molar-refractivity contribution in [1.82, 2.24) is 10.6 Å². The van der Waals surface area contributed by atoms with Crippen LogP contribution in [0.3, 0.4) is 0 Å². The van der Waals surface area contributed by atoms with Crippen LogP contribution in [0.25, 0.3) is 0 Å². The van der Waals surface area contributed by atoms with Gasteiger partial charge in [-0.3, -0.25) is 4.79 Å². The van der Waals surface area contributed by atoms with Crippen LogP contribution in [0.4, 0.5) is 0 Å². The van der Waals surface area contributed by atoms with Crippen LogP contribution < -0.4 is 10.6 Å². The van der Waals surface area contributed by atoms with Gasteiger partial charge in [0.15, 0.2) is 0 Å². The summed E-state index contributed by atoms with van der Waals surface area (Å²) in [6.45, 7) is 1.39. The fraction of sp³-hybridized carbons (Fsp3) is 0.909. The third kappa shape index (κ3) is 4.43. The number of carbonyl (C=O) groups is 1. The minimum absolute atomic E-state index is 0.167. The summed E-state index contributed by atoms with van der Waals surface area (Å²) in [6.07, 6.45) is 5.02. The number of carbonyl (C=O) groups excluding carboxylic acids is 1. The van der Waals surface area contributed by atoms with Crippen molar-refractivity contribution in [2.45, 2.75) is 31.7 Å². The van der Waals surface area contributed by atoms with E-state index in [-0.39, 0.29) is 5.91 Å². The Morgan fingerprint density at radius 3 is 2.60 bits per heavy atom. The van der Waals surface area contributed by atoms with Crippen LogP contribution in [0, 0.1) is 5.92 Å². The molecule has 86 valence electrons. The quantitative estimate of drug-likeness (QED) is 0.737. The Bertz CT molecular complexity index is 213. The first kappa shape index (κ1) is 11.3. The molecule has 0 atom stereocenters. The lowest BCUT2D eigenvalue weighted by Crippen LogP contribution is -2.37. The number of thioether (sulfide) groups is 1. The standard InChI is InChI=1S/C11H20N2OS/c14-11(8-12-10-1-2-10)13-7-9-3-5-15-6-4-9/h9-10,12H,1-8H2,(H,13,14). The Morgan fingerprint density at radius 2 is 1.93 bits per heavy atom. The average molecular weight is 228 g/mol. The van der Waals surface area contributed by atoms with Crippen LogP contribution in [0.15, 0.2) is 0 Å². The number of hydrogen-bond acceptors (Lipinski definition) is 3. The Balaban J connectivity index is 1.53. The lowest BCUT2D eigenvalue weighted by Gasteiger charge is -2.21. The van der Waals surface area contributed by atoms with E-state index in [1.54, 1.807) is 0 Å². The van der Waals surface area contributed by atoms with Crippen molar-refractivity contribution in [3.05, 3.63) is 0 Å². The summed E-state index contributed by atoms with van der Waals surface area (Å²) in [7, 11) is 0. The van der Waals surface area contributed by atoms with Crippen LogP contribution in [0.5, 0.6) is 0 Å². The highest BCUT2D eigenvalue weighted by Gasteiger charge is 2.21. The van der Waals surface area contributed by atoms with Gasteiger partial charge in [-0.05, 0) is 43.1 Å². The van der Waals surface area contributed by atoms with Crippen LogP contribution in [-0.2, 0) is 4.79 Å². The maximum atomic E-state index is 11.4. The van der Waals surface area contributed by atoms with E-state index >= 15 is 0 Å². The number of amides is 1. The first-order valence-electron chi connectivity index (χ1n) is 5.92. The van der Waals surface area contributed by atoms with Crippen molar-refractivity contribution < 1.29 is 4.79 Å². The molecule has 4 heteroatoms. The Kier molecular flexibility index (Phi) is 4.32. The molecule has 1 saturated carbocycles. The van der Waals surface area contributed by atoms with Gasteiger partial charge >= 0.3 is 0 Å². The van der Waals surface area contributed by atoms with Gasteiger partial charge in [-0.15, -0.1) is 0 Å². The van der Waals surface area contributed by atoms with Gasteiger partial charge < -0.3 is 10.6 Å². The molecule has 0 radical (unpaired) electrons. The van der Waals surface area contributed by atoms with Gasteiger partial charge in [-0.1, -0.05) is 0 Å². The van der Waals surface area contributed by atoms with E-state index in [2.05, 4.69) is 10.6 Å². The fourth-order valence-electron chi connectivity index (χ4n) is 1.80. The second-order valence-electron chi connectivity index (χ2n) is 4.51. The molecule has 3 nitrogen and oxygen atoms in total. The molecule has 1 saturated heterocycles. The molecule has 1 aliphatic carbocycles. The van der Waals surface area contributed by atoms with Crippen LogP contribution in [0.1, 0.15) is 25.7 Å². The zero-order valence-electron chi connectivity index (χ0n) is 9.13. The van der Waals surface area contributed by atoms with Crippen LogP contribution in [-0.4, -0.2) is 36.5 Å². The van der Waals surface area contributed by atoms with E-state index in [0.717, 1.165) is 12.5 Å². The minimum Gasteiger partial charge on any atom is -0.355 e. The van der Waals surface area contributed by atoms with E-state index in [1.807, 2.05) is 11.8 Å². The summed E-state index contributed by atoms with van der Waals surface area (Å²) in [4.78, 5) is 11.4. The minimum atomic E-state index is 0.167. The second-order valence-corrected chi connectivity index (χ2v) is 5.74. The van der Waals surface area contributed by atoms with Crippen molar-refractivity contribution in [3.63, 3.8) is 0 Å². The molecule has 2 aliphatic rings. The zero-order valence-corrected chi connectivity index (χ0v) is 9.94. The third-order valence-electron chi connectivity index (χ3n) is 3.06. The van der Waals surface area contributed by atoms with E-state index in [4.69, 9.17) is 0 Å². The highest BCUT2D eigenvalue weighted by Crippen LogP contribution is 2.21. The number of nitrogens with one attached hydrogen (secondary N) is 2. The van der Waals surface area contributed by atoms with Gasteiger partial charge in [0.25, 0.3) is 0 Å². The predicted molar refractivity (Wildman–Crippen MR) is 64.1 cm³/mol. The molecule has 1 heterocycles. The summed E-state index contributed by atoms with van der Waals surface area (Å²) < 4.78 is 0. The molecule has 2 fully saturated rings. The van der Waals surface area contributed by atoms with Gasteiger partial charge in [-0.25, -0.2) is 0 Å². The zero-order chi connectivity index (χ0) is 10.5. The number of hydrogen-bond donors (Lipinski definition) is 2. The van der Waals surface area contributed by atoms with Crippen molar-refractivity contribution >= 4 is 17.7 Å². The van der Waals surface area contributed by atoms with Crippen LogP contribution in [0.2, 0.25) is 0 Å². The largest absolute Gasteiger partial charge is 0.355 e. The third-order valence-corrected chi connectivity index (χ3v) is 4.11. The molecule has 0 unspecified atom stereocenters. The first-order chi connectivity index (χ1) is 7.34. The maximum absolute atomic E-state index is 11.4. The number of rotatable bonds is 5. The van der Waals surface area contributed by atoms with Gasteiger partial charge in [0.05, 0.1) is 6.54 Å². The molecular weight excluding hydrogens is 208 g/mol. The summed E-state index contributed by atoms with van der Waals surface area (Å²) in [5, 5.41) is 6.25. The van der Waals surface area contributed by atoms with Crippen molar-refractivity contribution in [2.75, 3.05) is 24.6 Å². The predicted octanol–water partition coefficient (Wildman–Crippen LogP) is 0.998. The monoisotopic (exact) mass is 228 g/mol. The molecule has 0 spiro atoms.